The number of aryl methyl sites for hydroxylation is 1. The Morgan fingerprint density at radius 2 is 1.97 bits per heavy atom. The molecule has 2 heterocycles. The molecule has 0 bridgehead atoms. The van der Waals surface area contributed by atoms with Gasteiger partial charge in [-0.2, -0.15) is 0 Å². The average Bonchev–Trinajstić information content (AvgIpc) is 2.87. The van der Waals surface area contributed by atoms with Gasteiger partial charge in [-0.1, -0.05) is 0 Å². The summed E-state index contributed by atoms with van der Waals surface area (Å²) in [7, 11) is 1.55. The molecule has 1 N–H and O–H groups in total. The Bertz CT molecular complexity index is 1230. The molecule has 1 aromatic heterocycles. The SMILES string of the molecule is COc1ccc2ncc(F)c(CCCN3CCN(CCSc4cc(F)ccc4F)C[C@@H]3C(=O)O)c2c1. The summed E-state index contributed by atoms with van der Waals surface area (Å²) >= 11 is 1.21. The molecule has 0 spiro atoms. The summed E-state index contributed by atoms with van der Waals surface area (Å²) in [6.07, 6.45) is 2.25. The number of methoxy groups -OCH3 is 1. The number of carbonyl (C=O) groups is 1. The van der Waals surface area contributed by atoms with Crippen LogP contribution < -0.4 is 4.74 Å². The molecule has 1 aliphatic rings. The zero-order chi connectivity index (χ0) is 25.7. The second kappa shape index (κ2) is 11.9. The number of hydrogen-bond acceptors (Lipinski definition) is 6. The summed E-state index contributed by atoms with van der Waals surface area (Å²) in [4.78, 5) is 20.3. The van der Waals surface area contributed by atoms with Crippen LogP contribution in [0, 0.1) is 17.5 Å². The van der Waals surface area contributed by atoms with Crippen molar-refractivity contribution in [2.24, 2.45) is 0 Å². The van der Waals surface area contributed by atoms with E-state index in [1.165, 1.54) is 24.0 Å². The average molecular weight is 520 g/mol. The Hall–Kier alpha value is -2.82. The third-order valence-electron chi connectivity index (χ3n) is 6.42. The van der Waals surface area contributed by atoms with Crippen molar-refractivity contribution in [3.05, 3.63) is 65.6 Å². The van der Waals surface area contributed by atoms with Crippen molar-refractivity contribution in [1.82, 2.24) is 14.8 Å². The topological polar surface area (TPSA) is 65.9 Å². The van der Waals surface area contributed by atoms with Crippen molar-refractivity contribution >= 4 is 28.6 Å². The Kier molecular flexibility index (Phi) is 8.71. The first-order chi connectivity index (χ1) is 17.4. The minimum atomic E-state index is -0.909. The van der Waals surface area contributed by atoms with E-state index in [-0.39, 0.29) is 10.7 Å². The van der Waals surface area contributed by atoms with Crippen LogP contribution in [0.15, 0.2) is 47.5 Å². The summed E-state index contributed by atoms with van der Waals surface area (Å²) in [5.74, 6) is -1.11. The summed E-state index contributed by atoms with van der Waals surface area (Å²) in [6, 6.07) is 8.01. The monoisotopic (exact) mass is 519 g/mol. The zero-order valence-electron chi connectivity index (χ0n) is 19.9. The van der Waals surface area contributed by atoms with Crippen LogP contribution in [0.4, 0.5) is 13.2 Å². The van der Waals surface area contributed by atoms with E-state index in [2.05, 4.69) is 4.98 Å². The molecule has 3 aromatic rings. The highest BCUT2D eigenvalue weighted by molar-refractivity contribution is 7.99. The fourth-order valence-corrected chi connectivity index (χ4v) is 5.47. The van der Waals surface area contributed by atoms with E-state index < -0.39 is 23.6 Å². The number of aliphatic carboxylic acids is 1. The number of carboxylic acid groups (broad SMARTS) is 1. The molecular weight excluding hydrogens is 491 g/mol. The third kappa shape index (κ3) is 6.29. The maximum atomic E-state index is 14.6. The van der Waals surface area contributed by atoms with Crippen LogP contribution in [0.2, 0.25) is 0 Å². The number of halogens is 3. The van der Waals surface area contributed by atoms with E-state index in [1.807, 2.05) is 9.80 Å². The number of thioether (sulfide) groups is 1. The van der Waals surface area contributed by atoms with Gasteiger partial charge in [0.25, 0.3) is 0 Å². The number of pyridine rings is 1. The van der Waals surface area contributed by atoms with Gasteiger partial charge < -0.3 is 9.84 Å². The molecule has 2 aromatic carbocycles. The van der Waals surface area contributed by atoms with Crippen LogP contribution >= 0.6 is 11.8 Å². The maximum Gasteiger partial charge on any atom is 0.322 e. The number of fused-ring (bicyclic) bond motifs is 1. The molecule has 36 heavy (non-hydrogen) atoms. The van der Waals surface area contributed by atoms with Gasteiger partial charge in [0.15, 0.2) is 0 Å². The number of piperazine rings is 1. The Labute approximate surface area is 212 Å². The first kappa shape index (κ1) is 26.2. The van der Waals surface area contributed by atoms with Crippen LogP contribution in [0.25, 0.3) is 10.9 Å². The first-order valence-corrected chi connectivity index (χ1v) is 12.7. The molecule has 0 saturated carbocycles. The lowest BCUT2D eigenvalue weighted by molar-refractivity contribution is -0.145. The lowest BCUT2D eigenvalue weighted by Crippen LogP contribution is -2.56. The standard InChI is InChI=1S/C26H28F3N3O3S/c1-35-18-5-7-23-20(14-18)19(22(29)15-30-23)3-2-8-32-10-9-31(16-24(32)26(33)34)11-12-36-25-13-17(27)4-6-21(25)28/h4-7,13-15,24H,2-3,8-12,16H2,1H3,(H,33,34)/t24-/m1/s1. The lowest BCUT2D eigenvalue weighted by Gasteiger charge is -2.39. The van der Waals surface area contributed by atoms with Gasteiger partial charge in [-0.25, -0.2) is 13.2 Å². The van der Waals surface area contributed by atoms with Crippen molar-refractivity contribution in [2.75, 3.05) is 45.6 Å². The van der Waals surface area contributed by atoms with Crippen LogP contribution in [0.1, 0.15) is 12.0 Å². The largest absolute Gasteiger partial charge is 0.497 e. The molecule has 1 fully saturated rings. The number of benzene rings is 2. The second-order valence-electron chi connectivity index (χ2n) is 8.69. The van der Waals surface area contributed by atoms with Gasteiger partial charge in [0, 0.05) is 42.2 Å². The fraction of sp³-hybridized carbons (Fsp3) is 0.385. The number of ether oxygens (including phenoxy) is 1. The third-order valence-corrected chi connectivity index (χ3v) is 7.44. The molecule has 4 rings (SSSR count). The number of nitrogens with zero attached hydrogens (tertiary/aromatic N) is 3. The van der Waals surface area contributed by atoms with Gasteiger partial charge in [-0.15, -0.1) is 11.8 Å². The summed E-state index contributed by atoms with van der Waals surface area (Å²) in [5, 5.41) is 10.5. The number of hydrogen-bond donors (Lipinski definition) is 1. The molecule has 0 aliphatic carbocycles. The Morgan fingerprint density at radius 1 is 1.14 bits per heavy atom. The van der Waals surface area contributed by atoms with Crippen molar-refractivity contribution in [3.8, 4) is 5.75 Å². The fourth-order valence-electron chi connectivity index (χ4n) is 4.50. The minimum absolute atomic E-state index is 0.247. The first-order valence-electron chi connectivity index (χ1n) is 11.7. The maximum absolute atomic E-state index is 14.6. The van der Waals surface area contributed by atoms with E-state index in [0.29, 0.717) is 73.5 Å². The van der Waals surface area contributed by atoms with Gasteiger partial charge >= 0.3 is 5.97 Å². The molecule has 0 amide bonds. The normalized spacial score (nSPS) is 16.9. The molecule has 1 saturated heterocycles. The van der Waals surface area contributed by atoms with E-state index in [9.17, 15) is 23.1 Å². The molecule has 10 heteroatoms. The second-order valence-corrected chi connectivity index (χ2v) is 9.82. The Morgan fingerprint density at radius 3 is 2.75 bits per heavy atom. The van der Waals surface area contributed by atoms with Crippen molar-refractivity contribution < 1.29 is 27.8 Å². The van der Waals surface area contributed by atoms with Crippen molar-refractivity contribution in [3.63, 3.8) is 0 Å². The van der Waals surface area contributed by atoms with Crippen molar-refractivity contribution in [2.45, 2.75) is 23.8 Å². The predicted octanol–water partition coefficient (Wildman–Crippen LogP) is 4.46. The van der Waals surface area contributed by atoms with Crippen LogP contribution in [0.5, 0.6) is 5.75 Å². The smallest absolute Gasteiger partial charge is 0.322 e. The highest BCUT2D eigenvalue weighted by Gasteiger charge is 2.31. The summed E-state index contributed by atoms with van der Waals surface area (Å²) in [5.41, 5.74) is 1.23. The lowest BCUT2D eigenvalue weighted by atomic mass is 10.0. The van der Waals surface area contributed by atoms with Crippen LogP contribution in [-0.2, 0) is 11.2 Å². The molecule has 1 aliphatic heterocycles. The molecule has 6 nitrogen and oxygen atoms in total. The van der Waals surface area contributed by atoms with Gasteiger partial charge in [-0.05, 0) is 61.3 Å². The van der Waals surface area contributed by atoms with Crippen LogP contribution in [0.3, 0.4) is 0 Å². The Balaban J connectivity index is 1.32. The molecule has 192 valence electrons. The summed E-state index contributed by atoms with van der Waals surface area (Å²) < 4.78 is 47.1. The molecule has 0 unspecified atom stereocenters. The van der Waals surface area contributed by atoms with Crippen LogP contribution in [-0.4, -0.2) is 77.5 Å². The van der Waals surface area contributed by atoms with Crippen molar-refractivity contribution in [1.29, 1.82) is 0 Å². The van der Waals surface area contributed by atoms with Gasteiger partial charge in [0.05, 0.1) is 18.8 Å². The summed E-state index contributed by atoms with van der Waals surface area (Å²) in [6.45, 7) is 2.64. The van der Waals surface area contributed by atoms with E-state index in [1.54, 1.807) is 25.3 Å². The van der Waals surface area contributed by atoms with Gasteiger partial charge in [0.1, 0.15) is 29.2 Å². The zero-order valence-corrected chi connectivity index (χ0v) is 20.7. The minimum Gasteiger partial charge on any atom is -0.497 e. The molecular formula is C26H28F3N3O3S. The quantitative estimate of drug-likeness (QED) is 0.397. The van der Waals surface area contributed by atoms with Gasteiger partial charge in [-0.3, -0.25) is 19.6 Å². The highest BCUT2D eigenvalue weighted by Crippen LogP contribution is 2.26. The molecule has 0 radical (unpaired) electrons. The molecule has 1 atom stereocenters. The van der Waals surface area contributed by atoms with E-state index >= 15 is 0 Å². The van der Waals surface area contributed by atoms with E-state index in [4.69, 9.17) is 4.74 Å². The number of rotatable bonds is 10. The number of aromatic nitrogens is 1. The highest BCUT2D eigenvalue weighted by atomic mass is 32.2. The number of carboxylic acids is 1. The van der Waals surface area contributed by atoms with Gasteiger partial charge in [0.2, 0.25) is 0 Å². The van der Waals surface area contributed by atoms with E-state index in [0.717, 1.165) is 12.1 Å². The predicted molar refractivity (Wildman–Crippen MR) is 133 cm³/mol.